The molecule has 4 aliphatic heterocycles. The topological polar surface area (TPSA) is 286 Å². The summed E-state index contributed by atoms with van der Waals surface area (Å²) >= 11 is 0. The van der Waals surface area contributed by atoms with Gasteiger partial charge in [0.25, 0.3) is 11.8 Å². The maximum absolute atomic E-state index is 14.4. The first-order valence-corrected chi connectivity index (χ1v) is 25.4. The van der Waals surface area contributed by atoms with Crippen molar-refractivity contribution in [2.24, 2.45) is 5.73 Å². The highest BCUT2D eigenvalue weighted by atomic mass is 31.2. The number of H-pyrrole nitrogens is 1. The second kappa shape index (κ2) is 23.9. The van der Waals surface area contributed by atoms with Crippen LogP contribution in [0.25, 0.3) is 10.9 Å². The predicted octanol–water partition coefficient (Wildman–Crippen LogP) is 2.65. The number of halogens is 2. The molecule has 7 rings (SSSR count). The van der Waals surface area contributed by atoms with Crippen molar-refractivity contribution in [3.8, 4) is 11.8 Å². The Bertz CT molecular complexity index is 2640. The van der Waals surface area contributed by atoms with Crippen LogP contribution in [-0.2, 0) is 45.9 Å². The number of aromatic amines is 1. The summed E-state index contributed by atoms with van der Waals surface area (Å²) in [4.78, 5) is 130. The van der Waals surface area contributed by atoms with Crippen molar-refractivity contribution in [2.75, 3.05) is 26.7 Å². The number of hydrogen-bond donors (Lipinski definition) is 8. The van der Waals surface area contributed by atoms with Gasteiger partial charge in [-0.1, -0.05) is 43.6 Å². The summed E-state index contributed by atoms with van der Waals surface area (Å²) in [5.74, 6) is 2.41. The van der Waals surface area contributed by atoms with Gasteiger partial charge < -0.3 is 51.2 Å². The Morgan fingerprint density at radius 1 is 0.986 bits per heavy atom. The number of nitrogens with one attached hydrogen (secondary N) is 5. The van der Waals surface area contributed by atoms with Crippen molar-refractivity contribution < 1.29 is 61.4 Å². The highest BCUT2D eigenvalue weighted by molar-refractivity contribution is 7.39. The van der Waals surface area contributed by atoms with Crippen LogP contribution in [0.2, 0.25) is 0 Å². The van der Waals surface area contributed by atoms with Gasteiger partial charge in [0, 0.05) is 67.0 Å². The second-order valence-corrected chi connectivity index (χ2v) is 19.4. The number of benzene rings is 2. The number of aromatic nitrogens is 1. The van der Waals surface area contributed by atoms with Crippen molar-refractivity contribution in [1.82, 2.24) is 41.0 Å². The van der Waals surface area contributed by atoms with Crippen LogP contribution < -0.4 is 27.0 Å². The van der Waals surface area contributed by atoms with E-state index in [1.54, 1.807) is 19.2 Å². The van der Waals surface area contributed by atoms with Gasteiger partial charge in [-0.25, -0.2) is 4.52 Å². The van der Waals surface area contributed by atoms with Crippen LogP contribution in [0.4, 0.5) is 8.78 Å². The molecule has 9 N–H and O–H groups in total. The number of likely N-dealkylation sites (N-methyl/N-ethyl adjacent to an activating group) is 1. The lowest BCUT2D eigenvalue weighted by atomic mass is 10.0. The van der Waals surface area contributed by atoms with E-state index in [-0.39, 0.29) is 67.7 Å². The molecule has 72 heavy (non-hydrogen) atoms. The van der Waals surface area contributed by atoms with Gasteiger partial charge in [-0.05, 0) is 100 Å². The first-order chi connectivity index (χ1) is 34.4. The van der Waals surface area contributed by atoms with Gasteiger partial charge in [-0.2, -0.15) is 8.78 Å². The van der Waals surface area contributed by atoms with E-state index in [2.05, 4.69) is 42.6 Å². The number of alkyl halides is 2. The van der Waals surface area contributed by atoms with Crippen molar-refractivity contribution in [3.63, 3.8) is 0 Å². The number of imide groups is 1. The van der Waals surface area contributed by atoms with E-state index < -0.39 is 79.9 Å². The Balaban J connectivity index is 0.862. The number of amides is 8. The highest BCUT2D eigenvalue weighted by Crippen LogP contribution is 2.42. The molecule has 3 saturated heterocycles. The Kier molecular flexibility index (Phi) is 17.7. The average Bonchev–Trinajstić information content (AvgIpc) is 4.05. The summed E-state index contributed by atoms with van der Waals surface area (Å²) in [5, 5.41) is 10.9. The van der Waals surface area contributed by atoms with Crippen LogP contribution in [-0.4, -0.2) is 134 Å². The number of piperidine rings is 1. The summed E-state index contributed by atoms with van der Waals surface area (Å²) in [6.07, 6.45) is 3.39. The fourth-order valence-electron chi connectivity index (χ4n) is 9.79. The summed E-state index contributed by atoms with van der Waals surface area (Å²) in [6, 6.07) is 5.75. The number of carbonyl (C=O) groups is 8. The molecule has 0 radical (unpaired) electrons. The lowest BCUT2D eigenvalue weighted by molar-refractivity contribution is -0.189. The van der Waals surface area contributed by atoms with Crippen LogP contribution >= 0.6 is 8.60 Å². The van der Waals surface area contributed by atoms with E-state index in [0.29, 0.717) is 56.3 Å². The summed E-state index contributed by atoms with van der Waals surface area (Å²) in [6.45, 7) is 1.23. The third-order valence-corrected chi connectivity index (χ3v) is 13.9. The number of nitrogens with zero attached hydrogens (tertiary/aromatic N) is 3. The molecule has 386 valence electrons. The number of fused-ring (bicyclic) bond motifs is 3. The maximum Gasteiger partial charge on any atom is 0.389 e. The molecular formula is C49H60F2N9O11P. The van der Waals surface area contributed by atoms with Gasteiger partial charge in [-0.15, -0.1) is 0 Å². The molecular weight excluding hydrogens is 960 g/mol. The zero-order valence-corrected chi connectivity index (χ0v) is 40.7. The number of rotatable bonds is 20. The lowest BCUT2D eigenvalue weighted by Crippen LogP contribution is -2.61. The molecule has 1 aromatic heterocycles. The largest absolute Gasteiger partial charge is 0.389 e. The first kappa shape index (κ1) is 53.4. The highest BCUT2D eigenvalue weighted by Gasteiger charge is 2.46. The monoisotopic (exact) mass is 1020 g/mol. The van der Waals surface area contributed by atoms with Crippen LogP contribution in [0.5, 0.6) is 0 Å². The third kappa shape index (κ3) is 13.2. The van der Waals surface area contributed by atoms with Crippen molar-refractivity contribution in [2.45, 2.75) is 133 Å². The Morgan fingerprint density at radius 3 is 2.50 bits per heavy atom. The molecule has 23 heteroatoms. The minimum absolute atomic E-state index is 0.0402. The molecule has 0 spiro atoms. The molecule has 0 bridgehead atoms. The molecule has 5 heterocycles. The quantitative estimate of drug-likeness (QED) is 0.0351. The minimum atomic E-state index is -4.02. The predicted molar refractivity (Wildman–Crippen MR) is 257 cm³/mol. The van der Waals surface area contributed by atoms with Crippen LogP contribution in [0.15, 0.2) is 42.5 Å². The Hall–Kier alpha value is -6.37. The lowest BCUT2D eigenvalue weighted by Gasteiger charge is -2.37. The maximum atomic E-state index is 14.4. The molecule has 0 aliphatic carbocycles. The molecule has 8 amide bonds. The van der Waals surface area contributed by atoms with E-state index in [1.165, 1.54) is 21.9 Å². The SMILES string of the molecule is CN1CC[C@H]2CC[C@@H](C(=O)N[C@@H](CCC(N)=O)C(=O)NCCCCCCCCC#Cc3cccc4c3CN(C3CCC(=O)NC3=O)C4=O)N2C(=O)[C@@H](NC(=O)c2cc3cc(C(F)(F)OP(O)O)ccc3[nH]2)C1. The number of unbranched alkanes of at least 4 members (excludes halogenated alkanes) is 6. The van der Waals surface area contributed by atoms with Crippen molar-refractivity contribution in [1.29, 1.82) is 0 Å². The third-order valence-electron chi connectivity index (χ3n) is 13.5. The molecule has 4 aliphatic rings. The smallest absolute Gasteiger partial charge is 0.370 e. The zero-order valence-electron chi connectivity index (χ0n) is 39.8. The molecule has 2 aromatic carbocycles. The normalized spacial score (nSPS) is 20.8. The van der Waals surface area contributed by atoms with E-state index in [1.807, 2.05) is 11.0 Å². The van der Waals surface area contributed by atoms with Gasteiger partial charge in [0.15, 0.2) is 0 Å². The van der Waals surface area contributed by atoms with Gasteiger partial charge in [0.05, 0.1) is 5.56 Å². The van der Waals surface area contributed by atoms with Crippen molar-refractivity contribution in [3.05, 3.63) is 70.4 Å². The average molecular weight is 1020 g/mol. The number of carbonyl (C=O) groups excluding carboxylic acids is 8. The van der Waals surface area contributed by atoms with Gasteiger partial charge >= 0.3 is 14.7 Å². The van der Waals surface area contributed by atoms with E-state index in [0.717, 1.165) is 55.4 Å². The van der Waals surface area contributed by atoms with Gasteiger partial charge in [0.1, 0.15) is 29.9 Å². The summed E-state index contributed by atoms with van der Waals surface area (Å²) in [7, 11) is -1.56. The van der Waals surface area contributed by atoms with Crippen LogP contribution in [0.3, 0.4) is 0 Å². The zero-order chi connectivity index (χ0) is 51.7. The number of primary amides is 1. The van der Waals surface area contributed by atoms with E-state index >= 15 is 0 Å². The first-order valence-electron chi connectivity index (χ1n) is 24.2. The number of nitrogens with two attached hydrogens (primary N) is 1. The van der Waals surface area contributed by atoms with Crippen LogP contribution in [0, 0.1) is 11.8 Å². The van der Waals surface area contributed by atoms with Gasteiger partial charge in [-0.3, -0.25) is 43.7 Å². The molecule has 1 unspecified atom stereocenters. The second-order valence-electron chi connectivity index (χ2n) is 18.7. The number of hydrogen-bond acceptors (Lipinski definition) is 12. The summed E-state index contributed by atoms with van der Waals surface area (Å²) in [5.41, 5.74) is 7.07. The Morgan fingerprint density at radius 2 is 1.75 bits per heavy atom. The fourth-order valence-corrected chi connectivity index (χ4v) is 10.1. The Labute approximate surface area is 415 Å². The molecule has 0 saturated carbocycles. The van der Waals surface area contributed by atoms with Gasteiger partial charge in [0.2, 0.25) is 35.4 Å². The fraction of sp³-hybridized carbons (Fsp3) is 0.510. The van der Waals surface area contributed by atoms with Crippen LogP contribution in [0.1, 0.15) is 127 Å². The molecule has 5 atom stereocenters. The standard InChI is InChI=1S/C49H60F2N9O11P/c1-58-24-22-32-15-18-40(60(32)48(68)38(28-58)56-44(64)37-26-30-25-31(14-16-35(30)54-37)49(50,51)71-72(69)70)46(66)55-36(17-20-41(52)61)43(63)53-23-9-7-5-3-2-4-6-8-11-29-12-10-13-33-34(29)27-59(47(33)67)39-19-21-42(62)57-45(39)65/h10,12-14,16,25-26,32,36,38-40,54,69-70H,2-7,9,15,17-24,27-28H2,1H3,(H2,52,61)(H,53,63)(H,55,66)(H,56,64)(H,57,62,65)/t32-,36+,38+,39?,40+/m1/s1. The molecule has 20 nitrogen and oxygen atoms in total. The summed E-state index contributed by atoms with van der Waals surface area (Å²) < 4.78 is 32.8. The molecule has 3 fully saturated rings. The molecule has 3 aromatic rings. The van der Waals surface area contributed by atoms with Crippen molar-refractivity contribution >= 4 is 66.8 Å². The minimum Gasteiger partial charge on any atom is -0.370 e. The van der Waals surface area contributed by atoms with E-state index in [9.17, 15) is 47.1 Å². The van der Waals surface area contributed by atoms with E-state index in [4.69, 9.17) is 15.5 Å².